The zero-order valence-corrected chi connectivity index (χ0v) is 12.4. The van der Waals surface area contributed by atoms with Crippen molar-refractivity contribution in [1.82, 2.24) is 0 Å². The molecule has 1 atom stereocenters. The molecule has 0 aromatic heterocycles. The summed E-state index contributed by atoms with van der Waals surface area (Å²) in [5.41, 5.74) is 3.44. The van der Waals surface area contributed by atoms with Gasteiger partial charge in [-0.05, 0) is 29.7 Å². The van der Waals surface area contributed by atoms with E-state index in [0.29, 0.717) is 6.42 Å². The van der Waals surface area contributed by atoms with Crippen LogP contribution in [-0.4, -0.2) is 16.8 Å². The van der Waals surface area contributed by atoms with E-state index in [4.69, 9.17) is 0 Å². The Morgan fingerprint density at radius 1 is 1.18 bits per heavy atom. The summed E-state index contributed by atoms with van der Waals surface area (Å²) in [5, 5.41) is 15.4. The number of hydrogen-bond acceptors (Lipinski definition) is 3. The number of carboxylic acids is 1. The van der Waals surface area contributed by atoms with E-state index >= 15 is 0 Å². The van der Waals surface area contributed by atoms with Crippen LogP contribution >= 0.6 is 0 Å². The Morgan fingerprint density at radius 2 is 1.86 bits per heavy atom. The number of nitrogens with zero attached hydrogens (tertiary/aromatic N) is 2. The second-order valence-corrected chi connectivity index (χ2v) is 5.35. The van der Waals surface area contributed by atoms with Crippen molar-refractivity contribution >= 4 is 17.4 Å². The van der Waals surface area contributed by atoms with E-state index < -0.39 is 5.97 Å². The van der Waals surface area contributed by atoms with Crippen molar-refractivity contribution < 1.29 is 9.90 Å². The molecule has 0 bridgehead atoms. The molecule has 4 nitrogen and oxygen atoms in total. The first-order chi connectivity index (χ1) is 10.7. The minimum absolute atomic E-state index is 0.0697. The van der Waals surface area contributed by atoms with Gasteiger partial charge in [-0.3, -0.25) is 5.01 Å². The van der Waals surface area contributed by atoms with Crippen LogP contribution in [0.1, 0.15) is 30.5 Å². The molecule has 22 heavy (non-hydrogen) atoms. The van der Waals surface area contributed by atoms with E-state index in [2.05, 4.69) is 24.2 Å². The first-order valence-corrected chi connectivity index (χ1v) is 7.43. The quantitative estimate of drug-likeness (QED) is 0.936. The minimum atomic E-state index is -0.950. The lowest BCUT2D eigenvalue weighted by Crippen LogP contribution is -2.18. The van der Waals surface area contributed by atoms with Gasteiger partial charge in [-0.2, -0.15) is 5.10 Å². The largest absolute Gasteiger partial charge is 0.477 e. The van der Waals surface area contributed by atoms with Crippen LogP contribution in [0, 0.1) is 0 Å². The molecular weight excluding hydrogens is 276 g/mol. The third-order valence-electron chi connectivity index (χ3n) is 3.95. The van der Waals surface area contributed by atoms with Crippen LogP contribution in [0.25, 0.3) is 0 Å². The molecule has 112 valence electrons. The minimum Gasteiger partial charge on any atom is -0.477 e. The van der Waals surface area contributed by atoms with Crippen molar-refractivity contribution in [1.29, 1.82) is 0 Å². The molecule has 0 saturated heterocycles. The van der Waals surface area contributed by atoms with Gasteiger partial charge in [-0.15, -0.1) is 0 Å². The second kappa shape index (κ2) is 6.02. The number of carbonyl (C=O) groups is 1. The smallest absolute Gasteiger partial charge is 0.352 e. The maximum absolute atomic E-state index is 11.3. The summed E-state index contributed by atoms with van der Waals surface area (Å²) >= 11 is 0. The number of carboxylic acid groups (broad SMARTS) is 1. The van der Waals surface area contributed by atoms with Crippen LogP contribution < -0.4 is 5.01 Å². The lowest BCUT2D eigenvalue weighted by Gasteiger charge is -2.24. The lowest BCUT2D eigenvalue weighted by molar-refractivity contribution is -0.129. The van der Waals surface area contributed by atoms with Gasteiger partial charge < -0.3 is 5.11 Å². The van der Waals surface area contributed by atoms with Crippen molar-refractivity contribution in [2.75, 3.05) is 5.01 Å². The first kappa shape index (κ1) is 14.3. The van der Waals surface area contributed by atoms with Gasteiger partial charge in [0.15, 0.2) is 0 Å². The van der Waals surface area contributed by atoms with Crippen molar-refractivity contribution in [2.24, 2.45) is 5.10 Å². The van der Waals surface area contributed by atoms with Gasteiger partial charge in [-0.25, -0.2) is 4.79 Å². The van der Waals surface area contributed by atoms with Gasteiger partial charge in [0.05, 0.1) is 11.7 Å². The molecule has 0 amide bonds. The van der Waals surface area contributed by atoms with Crippen molar-refractivity contribution in [2.45, 2.75) is 25.8 Å². The summed E-state index contributed by atoms with van der Waals surface area (Å²) in [7, 11) is 0. The van der Waals surface area contributed by atoms with Gasteiger partial charge in [0.2, 0.25) is 0 Å². The van der Waals surface area contributed by atoms with Gasteiger partial charge in [0, 0.05) is 6.42 Å². The van der Waals surface area contributed by atoms with E-state index in [1.54, 1.807) is 0 Å². The Hall–Kier alpha value is -2.62. The molecule has 0 saturated carbocycles. The molecule has 1 N–H and O–H groups in total. The lowest BCUT2D eigenvalue weighted by atomic mass is 10.0. The Labute approximate surface area is 129 Å². The second-order valence-electron chi connectivity index (χ2n) is 5.35. The highest BCUT2D eigenvalue weighted by atomic mass is 16.4. The number of hydrazone groups is 1. The molecule has 2 aromatic rings. The van der Waals surface area contributed by atoms with Gasteiger partial charge >= 0.3 is 5.97 Å². The van der Waals surface area contributed by atoms with E-state index in [1.165, 1.54) is 5.56 Å². The summed E-state index contributed by atoms with van der Waals surface area (Å²) in [6.07, 6.45) is 1.39. The average Bonchev–Trinajstić information content (AvgIpc) is 3.01. The van der Waals surface area contributed by atoms with E-state index in [1.807, 2.05) is 47.5 Å². The Kier molecular flexibility index (Phi) is 3.92. The van der Waals surface area contributed by atoms with Crippen molar-refractivity contribution in [3.8, 4) is 0 Å². The predicted molar refractivity (Wildman–Crippen MR) is 87.2 cm³/mol. The number of aryl methyl sites for hydroxylation is 1. The van der Waals surface area contributed by atoms with E-state index in [0.717, 1.165) is 17.7 Å². The molecule has 1 heterocycles. The predicted octanol–water partition coefficient (Wildman–Crippen LogP) is 3.64. The Balaban J connectivity index is 1.97. The SMILES string of the molecule is CCc1ccc(N2N=C(C(=O)O)C[C@H]2c2ccccc2)cc1. The third kappa shape index (κ3) is 2.72. The van der Waals surface area contributed by atoms with E-state index in [-0.39, 0.29) is 11.8 Å². The topological polar surface area (TPSA) is 52.9 Å². The monoisotopic (exact) mass is 294 g/mol. The van der Waals surface area contributed by atoms with Crippen molar-refractivity contribution in [3.63, 3.8) is 0 Å². The maximum atomic E-state index is 11.3. The molecule has 2 aromatic carbocycles. The fourth-order valence-corrected chi connectivity index (χ4v) is 2.70. The highest BCUT2D eigenvalue weighted by Crippen LogP contribution is 2.35. The first-order valence-electron chi connectivity index (χ1n) is 7.43. The molecule has 1 aliphatic heterocycles. The Bertz CT molecular complexity index is 693. The molecule has 0 aliphatic carbocycles. The standard InChI is InChI=1S/C18H18N2O2/c1-2-13-8-10-15(11-9-13)20-17(12-16(19-20)18(21)22)14-6-4-3-5-7-14/h3-11,17H,2,12H2,1H3,(H,21,22)/t17-/m0/s1. The zero-order chi connectivity index (χ0) is 15.5. The molecule has 1 aliphatic rings. The van der Waals surface area contributed by atoms with Crippen LogP contribution in [0.15, 0.2) is 59.7 Å². The number of aliphatic carboxylic acids is 1. The van der Waals surface area contributed by atoms with Crippen LogP contribution in [0.4, 0.5) is 5.69 Å². The number of rotatable bonds is 4. The van der Waals surface area contributed by atoms with Gasteiger partial charge in [0.1, 0.15) is 5.71 Å². The van der Waals surface area contributed by atoms with Crippen LogP contribution in [0.5, 0.6) is 0 Å². The number of hydrogen-bond donors (Lipinski definition) is 1. The van der Waals surface area contributed by atoms with E-state index in [9.17, 15) is 9.90 Å². The molecule has 4 heteroatoms. The molecule has 3 rings (SSSR count). The third-order valence-corrected chi connectivity index (χ3v) is 3.95. The summed E-state index contributed by atoms with van der Waals surface area (Å²) in [6.45, 7) is 2.11. The molecule has 0 unspecified atom stereocenters. The molecule has 0 spiro atoms. The normalized spacial score (nSPS) is 17.4. The molecule has 0 fully saturated rings. The summed E-state index contributed by atoms with van der Waals surface area (Å²) in [4.78, 5) is 11.3. The number of anilines is 1. The molecule has 0 radical (unpaired) electrons. The van der Waals surface area contributed by atoms with Crippen LogP contribution in [-0.2, 0) is 11.2 Å². The Morgan fingerprint density at radius 3 is 2.45 bits per heavy atom. The zero-order valence-electron chi connectivity index (χ0n) is 12.4. The summed E-state index contributed by atoms with van der Waals surface area (Å²) < 4.78 is 0. The average molecular weight is 294 g/mol. The van der Waals surface area contributed by atoms with Crippen LogP contribution in [0.3, 0.4) is 0 Å². The summed E-state index contributed by atoms with van der Waals surface area (Å²) in [5.74, 6) is -0.950. The molecular formula is C18H18N2O2. The maximum Gasteiger partial charge on any atom is 0.352 e. The highest BCUT2D eigenvalue weighted by Gasteiger charge is 2.32. The summed E-state index contributed by atoms with van der Waals surface area (Å²) in [6, 6.07) is 18.0. The van der Waals surface area contributed by atoms with Gasteiger partial charge in [0.25, 0.3) is 0 Å². The fourth-order valence-electron chi connectivity index (χ4n) is 2.70. The van der Waals surface area contributed by atoms with Gasteiger partial charge in [-0.1, -0.05) is 49.4 Å². The van der Waals surface area contributed by atoms with Crippen molar-refractivity contribution in [3.05, 3.63) is 65.7 Å². The highest BCUT2D eigenvalue weighted by molar-refractivity contribution is 6.36. The van der Waals surface area contributed by atoms with Crippen LogP contribution in [0.2, 0.25) is 0 Å². The number of benzene rings is 2. The fraction of sp³-hybridized carbons (Fsp3) is 0.222.